The fraction of sp³-hybridized carbons (Fsp3) is 0.462. The van der Waals surface area contributed by atoms with E-state index >= 15 is 0 Å². The monoisotopic (exact) mass is 286 g/mol. The molecule has 0 aliphatic heterocycles. The standard InChI is InChI=1S/C13H19ClN2O3/c1-3-5-9(17)8-15-13(18)16-11-7-4-6-10(14)12(11)19-2/h4,6-7,9,17H,3,5,8H2,1-2H3,(H2,15,16,18). The number of nitrogens with one attached hydrogen (secondary N) is 2. The van der Waals surface area contributed by atoms with Crippen LogP contribution in [0, 0.1) is 0 Å². The SMILES string of the molecule is CCCC(O)CNC(=O)Nc1cccc(Cl)c1OC. The van der Waals surface area contributed by atoms with Crippen molar-refractivity contribution in [2.45, 2.75) is 25.9 Å². The van der Waals surface area contributed by atoms with Crippen molar-refractivity contribution in [3.05, 3.63) is 23.2 Å². The van der Waals surface area contributed by atoms with E-state index in [4.69, 9.17) is 16.3 Å². The molecule has 0 fully saturated rings. The number of anilines is 1. The van der Waals surface area contributed by atoms with Gasteiger partial charge in [-0.3, -0.25) is 0 Å². The first-order valence-electron chi connectivity index (χ1n) is 6.13. The molecule has 3 N–H and O–H groups in total. The molecule has 1 aromatic carbocycles. The van der Waals surface area contributed by atoms with Crippen LogP contribution in [0.25, 0.3) is 0 Å². The molecule has 0 aliphatic carbocycles. The first kappa shape index (κ1) is 15.6. The van der Waals surface area contributed by atoms with Crippen LogP contribution in [0.4, 0.5) is 10.5 Å². The van der Waals surface area contributed by atoms with Crippen molar-refractivity contribution in [1.82, 2.24) is 5.32 Å². The van der Waals surface area contributed by atoms with E-state index in [1.54, 1.807) is 18.2 Å². The van der Waals surface area contributed by atoms with E-state index in [0.29, 0.717) is 22.9 Å². The highest BCUT2D eigenvalue weighted by Gasteiger charge is 2.11. The van der Waals surface area contributed by atoms with Gasteiger partial charge in [0, 0.05) is 6.54 Å². The van der Waals surface area contributed by atoms with Crippen molar-refractivity contribution in [1.29, 1.82) is 0 Å². The molecule has 0 bridgehead atoms. The molecule has 0 heterocycles. The number of methoxy groups -OCH3 is 1. The molecule has 5 nitrogen and oxygen atoms in total. The predicted octanol–water partition coefficient (Wildman–Crippen LogP) is 2.63. The fourth-order valence-corrected chi connectivity index (χ4v) is 1.88. The fourth-order valence-electron chi connectivity index (χ4n) is 1.63. The van der Waals surface area contributed by atoms with E-state index in [2.05, 4.69) is 10.6 Å². The molecule has 6 heteroatoms. The molecule has 0 aliphatic rings. The number of rotatable bonds is 6. The minimum absolute atomic E-state index is 0.211. The normalized spacial score (nSPS) is 11.8. The van der Waals surface area contributed by atoms with Crippen LogP contribution in [0.15, 0.2) is 18.2 Å². The molecule has 2 amide bonds. The van der Waals surface area contributed by atoms with Crippen LogP contribution in [-0.4, -0.2) is 30.9 Å². The summed E-state index contributed by atoms with van der Waals surface area (Å²) >= 11 is 5.95. The van der Waals surface area contributed by atoms with E-state index < -0.39 is 12.1 Å². The van der Waals surface area contributed by atoms with Crippen LogP contribution in [0.1, 0.15) is 19.8 Å². The van der Waals surface area contributed by atoms with Gasteiger partial charge in [-0.15, -0.1) is 0 Å². The second-order valence-electron chi connectivity index (χ2n) is 4.10. The number of amides is 2. The second-order valence-corrected chi connectivity index (χ2v) is 4.51. The third-order valence-electron chi connectivity index (χ3n) is 2.54. The van der Waals surface area contributed by atoms with Gasteiger partial charge >= 0.3 is 6.03 Å². The molecule has 0 aromatic heterocycles. The van der Waals surface area contributed by atoms with Gasteiger partial charge in [0.05, 0.1) is 23.9 Å². The summed E-state index contributed by atoms with van der Waals surface area (Å²) in [6, 6.07) is 4.67. The van der Waals surface area contributed by atoms with Gasteiger partial charge in [-0.25, -0.2) is 4.79 Å². The summed E-state index contributed by atoms with van der Waals surface area (Å²) in [5.74, 6) is 0.411. The van der Waals surface area contributed by atoms with E-state index in [0.717, 1.165) is 6.42 Å². The molecule has 0 saturated heterocycles. The minimum atomic E-state index is -0.531. The van der Waals surface area contributed by atoms with Crippen LogP contribution in [0.5, 0.6) is 5.75 Å². The molecule has 0 saturated carbocycles. The Bertz CT molecular complexity index is 426. The molecule has 1 unspecified atom stereocenters. The zero-order valence-electron chi connectivity index (χ0n) is 11.1. The molecule has 0 spiro atoms. The highest BCUT2D eigenvalue weighted by molar-refractivity contribution is 6.32. The lowest BCUT2D eigenvalue weighted by Crippen LogP contribution is -2.35. The van der Waals surface area contributed by atoms with Crippen molar-refractivity contribution < 1.29 is 14.6 Å². The topological polar surface area (TPSA) is 70.6 Å². The Morgan fingerprint density at radius 3 is 2.89 bits per heavy atom. The molecular formula is C13H19ClN2O3. The summed E-state index contributed by atoms with van der Waals surface area (Å²) in [5.41, 5.74) is 0.484. The summed E-state index contributed by atoms with van der Waals surface area (Å²) in [6.07, 6.45) is 0.991. The summed E-state index contributed by atoms with van der Waals surface area (Å²) in [7, 11) is 1.48. The molecule has 0 radical (unpaired) electrons. The van der Waals surface area contributed by atoms with Crippen molar-refractivity contribution >= 4 is 23.3 Å². The summed E-state index contributed by atoms with van der Waals surface area (Å²) in [5, 5.41) is 15.2. The smallest absolute Gasteiger partial charge is 0.319 e. The summed E-state index contributed by atoms with van der Waals surface area (Å²) < 4.78 is 5.12. The predicted molar refractivity (Wildman–Crippen MR) is 75.9 cm³/mol. The van der Waals surface area contributed by atoms with Crippen LogP contribution >= 0.6 is 11.6 Å². The Balaban J connectivity index is 2.55. The Kier molecular flexibility index (Phi) is 6.45. The van der Waals surface area contributed by atoms with Crippen LogP contribution in [0.3, 0.4) is 0 Å². The van der Waals surface area contributed by atoms with Crippen molar-refractivity contribution in [3.63, 3.8) is 0 Å². The van der Waals surface area contributed by atoms with Crippen molar-refractivity contribution in [2.75, 3.05) is 19.0 Å². The van der Waals surface area contributed by atoms with Crippen molar-refractivity contribution in [3.8, 4) is 5.75 Å². The lowest BCUT2D eigenvalue weighted by molar-refractivity contribution is 0.162. The number of benzene rings is 1. The molecule has 1 atom stereocenters. The molecule has 1 aromatic rings. The van der Waals surface area contributed by atoms with Gasteiger partial charge in [-0.1, -0.05) is 31.0 Å². The number of carbonyl (C=O) groups is 1. The van der Waals surface area contributed by atoms with Gasteiger partial charge in [0.25, 0.3) is 0 Å². The first-order chi connectivity index (χ1) is 9.08. The quantitative estimate of drug-likeness (QED) is 0.753. The zero-order valence-corrected chi connectivity index (χ0v) is 11.8. The lowest BCUT2D eigenvalue weighted by Gasteiger charge is -2.14. The number of carbonyl (C=O) groups excluding carboxylic acids is 1. The van der Waals surface area contributed by atoms with Crippen LogP contribution in [-0.2, 0) is 0 Å². The van der Waals surface area contributed by atoms with Gasteiger partial charge in [-0.05, 0) is 18.6 Å². The maximum atomic E-state index is 11.7. The third-order valence-corrected chi connectivity index (χ3v) is 2.84. The number of ether oxygens (including phenoxy) is 1. The Morgan fingerprint density at radius 2 is 2.26 bits per heavy atom. The highest BCUT2D eigenvalue weighted by atomic mass is 35.5. The highest BCUT2D eigenvalue weighted by Crippen LogP contribution is 2.32. The summed E-state index contributed by atoms with van der Waals surface area (Å²) in [4.78, 5) is 11.7. The lowest BCUT2D eigenvalue weighted by atomic mass is 10.2. The molecule has 19 heavy (non-hydrogen) atoms. The molecule has 106 valence electrons. The van der Waals surface area contributed by atoms with E-state index in [9.17, 15) is 9.90 Å². The maximum absolute atomic E-state index is 11.7. The number of aliphatic hydroxyl groups is 1. The van der Waals surface area contributed by atoms with Crippen LogP contribution in [0.2, 0.25) is 5.02 Å². The van der Waals surface area contributed by atoms with Crippen molar-refractivity contribution in [2.24, 2.45) is 0 Å². The average Bonchev–Trinajstić information content (AvgIpc) is 2.37. The largest absolute Gasteiger partial charge is 0.493 e. The number of hydrogen-bond donors (Lipinski definition) is 3. The van der Waals surface area contributed by atoms with Gasteiger partial charge in [0.15, 0.2) is 5.75 Å². The van der Waals surface area contributed by atoms with Gasteiger partial charge < -0.3 is 20.5 Å². The summed E-state index contributed by atoms with van der Waals surface area (Å²) in [6.45, 7) is 2.18. The molecule has 1 rings (SSSR count). The first-order valence-corrected chi connectivity index (χ1v) is 6.51. The Morgan fingerprint density at radius 1 is 1.53 bits per heavy atom. The Hall–Kier alpha value is -1.46. The van der Waals surface area contributed by atoms with Gasteiger partial charge in [0.1, 0.15) is 0 Å². The van der Waals surface area contributed by atoms with E-state index in [-0.39, 0.29) is 6.54 Å². The average molecular weight is 287 g/mol. The second kappa shape index (κ2) is 7.86. The van der Waals surface area contributed by atoms with E-state index in [1.165, 1.54) is 7.11 Å². The van der Waals surface area contributed by atoms with Gasteiger partial charge in [-0.2, -0.15) is 0 Å². The Labute approximate surface area is 117 Å². The number of aliphatic hydroxyl groups excluding tert-OH is 1. The number of urea groups is 1. The number of para-hydroxylation sites is 1. The number of hydrogen-bond acceptors (Lipinski definition) is 3. The maximum Gasteiger partial charge on any atom is 0.319 e. The zero-order chi connectivity index (χ0) is 14.3. The van der Waals surface area contributed by atoms with E-state index in [1.807, 2.05) is 6.92 Å². The third kappa shape index (κ3) is 4.96. The molecular weight excluding hydrogens is 268 g/mol. The van der Waals surface area contributed by atoms with Crippen LogP contribution < -0.4 is 15.4 Å². The number of halogens is 1. The minimum Gasteiger partial charge on any atom is -0.493 e. The van der Waals surface area contributed by atoms with Gasteiger partial charge in [0.2, 0.25) is 0 Å².